The van der Waals surface area contributed by atoms with Crippen LogP contribution in [0, 0.1) is 5.92 Å². The molecule has 5 atom stereocenters. The highest BCUT2D eigenvalue weighted by Crippen LogP contribution is 2.45. The van der Waals surface area contributed by atoms with Crippen LogP contribution in [-0.4, -0.2) is 96.7 Å². The summed E-state index contributed by atoms with van der Waals surface area (Å²) in [5, 5.41) is 10.7. The molecule has 19 heteroatoms. The topological polar surface area (TPSA) is 237 Å². The van der Waals surface area contributed by atoms with Crippen LogP contribution in [0.2, 0.25) is 0 Å². The monoisotopic (exact) mass is 1560 g/mol. The Morgan fingerprint density at radius 1 is 0.252 bits per heavy atom. The van der Waals surface area contributed by atoms with E-state index in [4.69, 9.17) is 37.0 Å². The number of esters is 4. The maximum atomic E-state index is 13.2. The van der Waals surface area contributed by atoms with Gasteiger partial charge in [0.1, 0.15) is 19.3 Å². The van der Waals surface area contributed by atoms with Crippen molar-refractivity contribution < 1.29 is 80.2 Å². The normalized spacial score (nSPS) is 13.7. The fourth-order valence-electron chi connectivity index (χ4n) is 13.8. The molecule has 0 aromatic heterocycles. The highest BCUT2D eigenvalue weighted by atomic mass is 31.2. The van der Waals surface area contributed by atoms with Crippen LogP contribution in [0.4, 0.5) is 0 Å². The Balaban J connectivity index is 5.23. The molecule has 3 N–H and O–H groups in total. The largest absolute Gasteiger partial charge is 0.472 e. The zero-order valence-corrected chi connectivity index (χ0v) is 72.1. The van der Waals surface area contributed by atoms with Crippen LogP contribution >= 0.6 is 15.6 Å². The molecule has 0 spiro atoms. The summed E-state index contributed by atoms with van der Waals surface area (Å²) in [7, 11) is -9.93. The first-order valence-electron chi connectivity index (χ1n) is 45.6. The molecule has 0 radical (unpaired) electrons. The predicted octanol–water partition coefficient (Wildman–Crippen LogP) is 27.2. The number of carbonyl (C=O) groups is 4. The van der Waals surface area contributed by atoms with Gasteiger partial charge in [-0.3, -0.25) is 37.3 Å². The maximum Gasteiger partial charge on any atom is 0.472 e. The summed E-state index contributed by atoms with van der Waals surface area (Å²) in [6, 6.07) is 0. The van der Waals surface area contributed by atoms with Crippen molar-refractivity contribution >= 4 is 39.5 Å². The molecule has 0 fully saturated rings. The average molecular weight is 1560 g/mol. The Kier molecular flexibility index (Phi) is 79.2. The molecule has 636 valence electrons. The van der Waals surface area contributed by atoms with Gasteiger partial charge in [0.2, 0.25) is 0 Å². The molecule has 0 heterocycles. The van der Waals surface area contributed by atoms with E-state index in [1.807, 2.05) is 0 Å². The fourth-order valence-corrected chi connectivity index (χ4v) is 15.4. The number of ether oxygens (including phenoxy) is 4. The maximum absolute atomic E-state index is 13.2. The quantitative estimate of drug-likeness (QED) is 0.0222. The Morgan fingerprint density at radius 2 is 0.430 bits per heavy atom. The van der Waals surface area contributed by atoms with E-state index in [1.165, 1.54) is 302 Å². The number of phosphoric ester groups is 2. The molecule has 0 rings (SSSR count). The highest BCUT2D eigenvalue weighted by Gasteiger charge is 2.30. The van der Waals surface area contributed by atoms with Crippen LogP contribution in [-0.2, 0) is 65.4 Å². The van der Waals surface area contributed by atoms with Gasteiger partial charge in [-0.15, -0.1) is 0 Å². The lowest BCUT2D eigenvalue weighted by Crippen LogP contribution is -2.30. The zero-order valence-electron chi connectivity index (χ0n) is 70.3. The third-order valence-electron chi connectivity index (χ3n) is 20.8. The van der Waals surface area contributed by atoms with Gasteiger partial charge in [0.25, 0.3) is 0 Å². The minimum absolute atomic E-state index is 0.108. The van der Waals surface area contributed by atoms with Gasteiger partial charge in [-0.05, 0) is 31.6 Å². The Labute approximate surface area is 658 Å². The van der Waals surface area contributed by atoms with E-state index in [0.29, 0.717) is 25.7 Å². The Hall–Kier alpha value is -1.94. The number of aliphatic hydroxyl groups is 1. The number of hydrogen-bond acceptors (Lipinski definition) is 15. The number of aliphatic hydroxyl groups excluding tert-OH is 1. The molecule has 0 saturated heterocycles. The summed E-state index contributed by atoms with van der Waals surface area (Å²) < 4.78 is 69.0. The molecule has 0 amide bonds. The molecule has 0 aromatic carbocycles. The molecule has 0 bridgehead atoms. The number of hydrogen-bond donors (Lipinski definition) is 3. The van der Waals surface area contributed by atoms with E-state index in [9.17, 15) is 43.2 Å². The van der Waals surface area contributed by atoms with Crippen LogP contribution in [0.25, 0.3) is 0 Å². The smallest absolute Gasteiger partial charge is 0.462 e. The van der Waals surface area contributed by atoms with E-state index in [2.05, 4.69) is 34.6 Å². The SMILES string of the molecule is CCCCCCCCCCCCCCCCCCCCCCCC(=O)O[C@H](COC(=O)CCCCCCCCCCCCCCCCCCCCC)COP(=O)(O)OC[C@@H](O)COP(=O)(O)OC[C@@H](COC(=O)CCCCCCCCCCC(C)C)OC(=O)CCCCCCCCCCCCCCCCCC. The van der Waals surface area contributed by atoms with Crippen LogP contribution in [0.5, 0.6) is 0 Å². The standard InChI is InChI=1S/C88H172O17P2/c1-6-9-12-15-18-21-24-27-30-33-35-36-38-40-43-46-49-52-59-64-69-74-87(92)104-83(77-98-85(90)71-66-61-56-50-47-44-42-39-37-34-31-28-25-22-19-16-13-10-7-2)79-102-106(94,95)100-75-82(89)76-101-107(96,97)103-80-84(78-99-86(91)72-67-62-57-54-53-55-60-65-70-81(4)5)105-88(93)73-68-63-58-51-48-45-41-32-29-26-23-20-17-14-11-8-3/h81-84,89H,6-80H2,1-5H3,(H,94,95)(H,96,97)/t82-,83-,84-/m1/s1. The van der Waals surface area contributed by atoms with Gasteiger partial charge in [0, 0.05) is 25.7 Å². The van der Waals surface area contributed by atoms with Crippen LogP contribution < -0.4 is 0 Å². The molecule has 0 saturated carbocycles. The molecular weight excluding hydrogens is 1390 g/mol. The summed E-state index contributed by atoms with van der Waals surface area (Å²) in [5.74, 6) is -1.37. The van der Waals surface area contributed by atoms with E-state index >= 15 is 0 Å². The van der Waals surface area contributed by atoms with Crippen LogP contribution in [0.3, 0.4) is 0 Å². The van der Waals surface area contributed by atoms with E-state index in [0.717, 1.165) is 95.8 Å². The summed E-state index contributed by atoms with van der Waals surface area (Å²) in [6.45, 7) is 7.34. The fraction of sp³-hybridized carbons (Fsp3) is 0.955. The summed E-state index contributed by atoms with van der Waals surface area (Å²) in [6.07, 6.45) is 75.1. The summed E-state index contributed by atoms with van der Waals surface area (Å²) in [4.78, 5) is 73.3. The summed E-state index contributed by atoms with van der Waals surface area (Å²) in [5.41, 5.74) is 0. The third kappa shape index (κ3) is 81.9. The van der Waals surface area contributed by atoms with Crippen molar-refractivity contribution in [3.8, 4) is 0 Å². The Bertz CT molecular complexity index is 2030. The van der Waals surface area contributed by atoms with Crippen LogP contribution in [0.1, 0.15) is 478 Å². The van der Waals surface area contributed by atoms with Crippen molar-refractivity contribution in [3.63, 3.8) is 0 Å². The van der Waals surface area contributed by atoms with Crippen molar-refractivity contribution in [1.82, 2.24) is 0 Å². The lowest BCUT2D eigenvalue weighted by atomic mass is 10.0. The molecule has 107 heavy (non-hydrogen) atoms. The molecule has 2 unspecified atom stereocenters. The lowest BCUT2D eigenvalue weighted by Gasteiger charge is -2.21. The Morgan fingerprint density at radius 3 is 0.636 bits per heavy atom. The van der Waals surface area contributed by atoms with Crippen molar-refractivity contribution in [2.75, 3.05) is 39.6 Å². The molecule has 0 aliphatic carbocycles. The minimum Gasteiger partial charge on any atom is -0.462 e. The number of rotatable bonds is 88. The highest BCUT2D eigenvalue weighted by molar-refractivity contribution is 7.47. The first-order chi connectivity index (χ1) is 52.0. The van der Waals surface area contributed by atoms with Gasteiger partial charge in [0.05, 0.1) is 26.4 Å². The zero-order chi connectivity index (χ0) is 78.3. The average Bonchev–Trinajstić information content (AvgIpc) is 0.905. The first-order valence-corrected chi connectivity index (χ1v) is 48.6. The molecule has 17 nitrogen and oxygen atoms in total. The molecular formula is C88H172O17P2. The molecule has 0 aliphatic heterocycles. The second kappa shape index (κ2) is 80.7. The predicted molar refractivity (Wildman–Crippen MR) is 442 cm³/mol. The number of phosphoric acid groups is 2. The van der Waals surface area contributed by atoms with E-state index in [-0.39, 0.29) is 25.7 Å². The van der Waals surface area contributed by atoms with Crippen LogP contribution in [0.15, 0.2) is 0 Å². The van der Waals surface area contributed by atoms with Crippen molar-refractivity contribution in [3.05, 3.63) is 0 Å². The molecule has 0 aliphatic rings. The van der Waals surface area contributed by atoms with Gasteiger partial charge in [0.15, 0.2) is 12.2 Å². The van der Waals surface area contributed by atoms with Gasteiger partial charge in [-0.2, -0.15) is 0 Å². The minimum atomic E-state index is -4.97. The van der Waals surface area contributed by atoms with Gasteiger partial charge in [-0.25, -0.2) is 9.13 Å². The van der Waals surface area contributed by atoms with Gasteiger partial charge in [-0.1, -0.05) is 426 Å². The third-order valence-corrected chi connectivity index (χ3v) is 22.7. The van der Waals surface area contributed by atoms with Gasteiger partial charge < -0.3 is 33.8 Å². The number of carbonyl (C=O) groups excluding carboxylic acids is 4. The lowest BCUT2D eigenvalue weighted by molar-refractivity contribution is -0.161. The second-order valence-corrected chi connectivity index (χ2v) is 35.0. The van der Waals surface area contributed by atoms with Gasteiger partial charge >= 0.3 is 39.5 Å². The van der Waals surface area contributed by atoms with E-state index in [1.54, 1.807) is 0 Å². The van der Waals surface area contributed by atoms with Crippen molar-refractivity contribution in [2.24, 2.45) is 5.92 Å². The number of unbranched alkanes of at least 4 members (excludes halogenated alkanes) is 60. The summed E-state index contributed by atoms with van der Waals surface area (Å²) >= 11 is 0. The second-order valence-electron chi connectivity index (χ2n) is 32.1. The molecule has 0 aromatic rings. The van der Waals surface area contributed by atoms with E-state index < -0.39 is 97.5 Å². The first kappa shape index (κ1) is 105. The van der Waals surface area contributed by atoms with Crippen molar-refractivity contribution in [2.45, 2.75) is 496 Å². The van der Waals surface area contributed by atoms with Crippen molar-refractivity contribution in [1.29, 1.82) is 0 Å².